The van der Waals surface area contributed by atoms with Crippen molar-refractivity contribution in [2.75, 3.05) is 19.5 Å². The highest BCUT2D eigenvalue weighted by atomic mass is 31.2. The largest absolute Gasteiger partial charge is 0.497 e. The van der Waals surface area contributed by atoms with E-state index in [9.17, 15) is 4.57 Å². The van der Waals surface area contributed by atoms with Crippen LogP contribution in [0, 0.1) is 0 Å². The van der Waals surface area contributed by atoms with Crippen LogP contribution >= 0.6 is 7.60 Å². The van der Waals surface area contributed by atoms with Crippen molar-refractivity contribution in [3.8, 4) is 11.5 Å². The summed E-state index contributed by atoms with van der Waals surface area (Å²) in [5, 5.41) is 3.39. The molecular formula is C29H30NO5P. The SMILES string of the molecule is COc1ccc(NC(c2ccc(OC)cc2)P(=O)(OCc2ccccc2)OCc2ccccc2)cc1. The van der Waals surface area contributed by atoms with Crippen molar-refractivity contribution >= 4 is 13.3 Å². The third-order valence-corrected chi connectivity index (χ3v) is 7.69. The molecule has 4 aromatic carbocycles. The zero-order chi connectivity index (χ0) is 25.2. The van der Waals surface area contributed by atoms with Crippen LogP contribution in [0.5, 0.6) is 11.5 Å². The Morgan fingerprint density at radius 1 is 0.639 bits per heavy atom. The lowest BCUT2D eigenvalue weighted by atomic mass is 10.2. The number of methoxy groups -OCH3 is 2. The van der Waals surface area contributed by atoms with Crippen LogP contribution in [0.3, 0.4) is 0 Å². The molecule has 36 heavy (non-hydrogen) atoms. The first-order valence-corrected chi connectivity index (χ1v) is 13.2. The number of ether oxygens (including phenoxy) is 2. The van der Waals surface area contributed by atoms with Crippen LogP contribution in [-0.2, 0) is 26.8 Å². The molecule has 0 aliphatic carbocycles. The van der Waals surface area contributed by atoms with E-state index in [-0.39, 0.29) is 13.2 Å². The van der Waals surface area contributed by atoms with Gasteiger partial charge in [-0.3, -0.25) is 4.57 Å². The molecule has 0 bridgehead atoms. The Morgan fingerprint density at radius 2 is 1.08 bits per heavy atom. The summed E-state index contributed by atoms with van der Waals surface area (Å²) in [7, 11) is -0.547. The van der Waals surface area contributed by atoms with E-state index < -0.39 is 13.4 Å². The molecule has 0 aromatic heterocycles. The fraction of sp³-hybridized carbons (Fsp3) is 0.172. The number of anilines is 1. The van der Waals surface area contributed by atoms with Gasteiger partial charge in [-0.15, -0.1) is 0 Å². The zero-order valence-electron chi connectivity index (χ0n) is 20.4. The minimum absolute atomic E-state index is 0.143. The van der Waals surface area contributed by atoms with E-state index in [4.69, 9.17) is 18.5 Å². The molecular weight excluding hydrogens is 473 g/mol. The van der Waals surface area contributed by atoms with E-state index >= 15 is 0 Å². The van der Waals surface area contributed by atoms with Crippen molar-refractivity contribution in [3.05, 3.63) is 126 Å². The molecule has 0 spiro atoms. The third kappa shape index (κ3) is 6.76. The molecule has 0 heterocycles. The molecule has 186 valence electrons. The maximum Gasteiger partial charge on any atom is 0.357 e. The van der Waals surface area contributed by atoms with Gasteiger partial charge >= 0.3 is 7.60 Å². The summed E-state index contributed by atoms with van der Waals surface area (Å²) in [6, 6.07) is 34.1. The number of benzene rings is 4. The molecule has 0 saturated carbocycles. The highest BCUT2D eigenvalue weighted by molar-refractivity contribution is 7.54. The summed E-state index contributed by atoms with van der Waals surface area (Å²) in [6.07, 6.45) is 0. The highest BCUT2D eigenvalue weighted by Crippen LogP contribution is 2.62. The Labute approximate surface area is 212 Å². The number of hydrogen-bond acceptors (Lipinski definition) is 6. The normalized spacial score (nSPS) is 12.1. The van der Waals surface area contributed by atoms with Crippen LogP contribution in [0.25, 0.3) is 0 Å². The molecule has 0 fully saturated rings. The van der Waals surface area contributed by atoms with Crippen molar-refractivity contribution in [1.82, 2.24) is 0 Å². The summed E-state index contributed by atoms with van der Waals surface area (Å²) >= 11 is 0. The molecule has 1 N–H and O–H groups in total. The van der Waals surface area contributed by atoms with Gasteiger partial charge < -0.3 is 23.8 Å². The highest BCUT2D eigenvalue weighted by Gasteiger charge is 2.38. The molecule has 1 unspecified atom stereocenters. The predicted molar refractivity (Wildman–Crippen MR) is 142 cm³/mol. The van der Waals surface area contributed by atoms with Crippen molar-refractivity contribution in [3.63, 3.8) is 0 Å². The third-order valence-electron chi connectivity index (χ3n) is 5.65. The van der Waals surface area contributed by atoms with E-state index in [1.165, 1.54) is 0 Å². The minimum Gasteiger partial charge on any atom is -0.497 e. The predicted octanol–water partition coefficient (Wildman–Crippen LogP) is 7.44. The maximum absolute atomic E-state index is 14.6. The molecule has 0 aliphatic rings. The quantitative estimate of drug-likeness (QED) is 0.203. The number of nitrogens with one attached hydrogen (secondary N) is 1. The molecule has 4 aromatic rings. The van der Waals surface area contributed by atoms with Gasteiger partial charge in [0.2, 0.25) is 0 Å². The molecule has 1 atom stereocenters. The molecule has 0 radical (unpaired) electrons. The Morgan fingerprint density at radius 3 is 1.53 bits per heavy atom. The molecule has 0 aliphatic heterocycles. The van der Waals surface area contributed by atoms with Gasteiger partial charge in [0.15, 0.2) is 5.78 Å². The van der Waals surface area contributed by atoms with Gasteiger partial charge in [-0.25, -0.2) is 0 Å². The van der Waals surface area contributed by atoms with Crippen LogP contribution in [-0.4, -0.2) is 14.2 Å². The Hall–Kier alpha value is -3.57. The van der Waals surface area contributed by atoms with Crippen LogP contribution < -0.4 is 14.8 Å². The van der Waals surface area contributed by atoms with Crippen molar-refractivity contribution in [1.29, 1.82) is 0 Å². The zero-order valence-corrected chi connectivity index (χ0v) is 21.3. The van der Waals surface area contributed by atoms with E-state index in [1.54, 1.807) is 14.2 Å². The van der Waals surface area contributed by atoms with Gasteiger partial charge in [0.05, 0.1) is 27.4 Å². The number of rotatable bonds is 12. The second-order valence-corrected chi connectivity index (χ2v) is 10.2. The van der Waals surface area contributed by atoms with Gasteiger partial charge in [0.25, 0.3) is 0 Å². The molecule has 4 rings (SSSR count). The molecule has 7 heteroatoms. The summed E-state index contributed by atoms with van der Waals surface area (Å²) in [5.41, 5.74) is 3.30. The summed E-state index contributed by atoms with van der Waals surface area (Å²) in [6.45, 7) is 0.285. The average Bonchev–Trinajstić information content (AvgIpc) is 2.95. The summed E-state index contributed by atoms with van der Waals surface area (Å²) in [4.78, 5) is 0. The molecule has 0 saturated heterocycles. The monoisotopic (exact) mass is 503 g/mol. The van der Waals surface area contributed by atoms with E-state index in [2.05, 4.69) is 5.32 Å². The van der Waals surface area contributed by atoms with E-state index in [0.717, 1.165) is 28.1 Å². The van der Waals surface area contributed by atoms with Crippen LogP contribution in [0.1, 0.15) is 22.5 Å². The van der Waals surface area contributed by atoms with Gasteiger partial charge in [-0.05, 0) is 53.1 Å². The van der Waals surface area contributed by atoms with E-state index in [0.29, 0.717) is 5.75 Å². The first kappa shape index (κ1) is 25.5. The molecule has 6 nitrogen and oxygen atoms in total. The van der Waals surface area contributed by atoms with Crippen molar-refractivity contribution in [2.45, 2.75) is 19.0 Å². The first-order chi connectivity index (χ1) is 17.6. The first-order valence-electron chi connectivity index (χ1n) is 11.6. The van der Waals surface area contributed by atoms with Crippen LogP contribution in [0.4, 0.5) is 5.69 Å². The fourth-order valence-electron chi connectivity index (χ4n) is 3.64. The number of hydrogen-bond donors (Lipinski definition) is 1. The van der Waals surface area contributed by atoms with Crippen LogP contribution in [0.15, 0.2) is 109 Å². The average molecular weight is 504 g/mol. The van der Waals surface area contributed by atoms with Gasteiger partial charge in [-0.1, -0.05) is 72.8 Å². The maximum atomic E-state index is 14.6. The Balaban J connectivity index is 1.69. The van der Waals surface area contributed by atoms with Crippen LogP contribution in [0.2, 0.25) is 0 Å². The van der Waals surface area contributed by atoms with Gasteiger partial charge in [0.1, 0.15) is 11.5 Å². The fourth-order valence-corrected chi connectivity index (χ4v) is 5.52. The second kappa shape index (κ2) is 12.4. The lowest BCUT2D eigenvalue weighted by molar-refractivity contribution is 0.185. The standard InChI is InChI=1S/C29H30NO5P/c1-32-27-17-13-25(14-18-27)29(30-26-15-19-28(33-2)20-16-26)36(31,34-21-23-9-5-3-6-10-23)35-22-24-11-7-4-8-12-24/h3-20,29-30H,21-22H2,1-2H3. The smallest absolute Gasteiger partial charge is 0.357 e. The lowest BCUT2D eigenvalue weighted by Crippen LogP contribution is -2.15. The summed E-state index contributed by atoms with van der Waals surface area (Å²) in [5.74, 6) is 0.654. The van der Waals surface area contributed by atoms with Gasteiger partial charge in [-0.2, -0.15) is 0 Å². The topological polar surface area (TPSA) is 66.0 Å². The van der Waals surface area contributed by atoms with Crippen molar-refractivity contribution < 1.29 is 23.1 Å². The molecule has 0 amide bonds. The van der Waals surface area contributed by atoms with E-state index in [1.807, 2.05) is 109 Å². The Bertz CT molecular complexity index is 1200. The Kier molecular flexibility index (Phi) is 8.80. The van der Waals surface area contributed by atoms with Gasteiger partial charge in [0, 0.05) is 5.69 Å². The van der Waals surface area contributed by atoms with Crippen molar-refractivity contribution in [2.24, 2.45) is 0 Å². The lowest BCUT2D eigenvalue weighted by Gasteiger charge is -2.29. The second-order valence-electron chi connectivity index (χ2n) is 8.11. The summed E-state index contributed by atoms with van der Waals surface area (Å²) < 4.78 is 37.5. The minimum atomic E-state index is -3.77.